The highest BCUT2D eigenvalue weighted by Crippen LogP contribution is 2.15. The topological polar surface area (TPSA) is 111 Å². The van der Waals surface area contributed by atoms with Gasteiger partial charge in [0.15, 0.2) is 5.82 Å². The van der Waals surface area contributed by atoms with Crippen molar-refractivity contribution in [1.82, 2.24) is 19.7 Å². The number of carboxylic acids is 1. The van der Waals surface area contributed by atoms with E-state index in [0.29, 0.717) is 23.6 Å². The van der Waals surface area contributed by atoms with Crippen LogP contribution < -0.4 is 5.69 Å². The highest BCUT2D eigenvalue weighted by molar-refractivity contribution is 5.70. The first kappa shape index (κ1) is 14.9. The summed E-state index contributed by atoms with van der Waals surface area (Å²) in [5.74, 6) is -1.08. The van der Waals surface area contributed by atoms with Gasteiger partial charge in [-0.05, 0) is 25.8 Å². The minimum atomic E-state index is -0.885. The molecule has 1 atom stereocenters. The minimum Gasteiger partial charge on any atom is -0.481 e. The van der Waals surface area contributed by atoms with Gasteiger partial charge in [-0.3, -0.25) is 9.36 Å². The summed E-state index contributed by atoms with van der Waals surface area (Å²) < 4.78 is 6.06. The van der Waals surface area contributed by atoms with E-state index in [1.165, 1.54) is 11.0 Å². The summed E-state index contributed by atoms with van der Waals surface area (Å²) in [4.78, 5) is 30.9. The Kier molecular flexibility index (Phi) is 4.15. The van der Waals surface area contributed by atoms with Crippen LogP contribution in [0.2, 0.25) is 0 Å². The molecule has 2 heterocycles. The molecule has 0 saturated carbocycles. The van der Waals surface area contributed by atoms with E-state index < -0.39 is 17.6 Å². The van der Waals surface area contributed by atoms with Crippen LogP contribution in [-0.4, -0.2) is 30.8 Å². The molecule has 0 radical (unpaired) electrons. The van der Waals surface area contributed by atoms with E-state index in [4.69, 9.17) is 5.11 Å². The molecular weight excluding hydrogens is 276 g/mol. The summed E-state index contributed by atoms with van der Waals surface area (Å²) in [6, 6.07) is 0. The normalized spacial score (nSPS) is 12.3. The summed E-state index contributed by atoms with van der Waals surface area (Å²) in [5, 5.41) is 12.7. The van der Waals surface area contributed by atoms with Crippen LogP contribution in [0.5, 0.6) is 0 Å². The van der Waals surface area contributed by atoms with Crippen LogP contribution in [0.4, 0.5) is 0 Å². The molecule has 8 nitrogen and oxygen atoms in total. The molecule has 8 heteroatoms. The molecule has 0 fully saturated rings. The Hall–Kier alpha value is -2.51. The third-order valence-electron chi connectivity index (χ3n) is 3.41. The second-order valence-corrected chi connectivity index (χ2v) is 4.92. The molecule has 0 aliphatic carbocycles. The zero-order valence-corrected chi connectivity index (χ0v) is 12.0. The molecule has 0 aliphatic heterocycles. The number of carboxylic acid groups (broad SMARTS) is 1. The van der Waals surface area contributed by atoms with Crippen LogP contribution in [0.1, 0.15) is 29.7 Å². The molecule has 1 N–H and O–H groups in total. The fraction of sp³-hybridized carbons (Fsp3) is 0.462. The van der Waals surface area contributed by atoms with Gasteiger partial charge < -0.3 is 9.63 Å². The first-order chi connectivity index (χ1) is 9.90. The molecule has 0 saturated heterocycles. The number of aromatic nitrogens is 4. The van der Waals surface area contributed by atoms with Gasteiger partial charge in [-0.25, -0.2) is 4.79 Å². The average Bonchev–Trinajstić information content (AvgIpc) is 2.92. The van der Waals surface area contributed by atoms with Crippen molar-refractivity contribution < 1.29 is 14.4 Å². The van der Waals surface area contributed by atoms with Crippen LogP contribution in [0, 0.1) is 19.8 Å². The number of hydrogen-bond acceptors (Lipinski definition) is 6. The van der Waals surface area contributed by atoms with Gasteiger partial charge in [-0.1, -0.05) is 12.1 Å². The van der Waals surface area contributed by atoms with E-state index >= 15 is 0 Å². The molecule has 2 rings (SSSR count). The third kappa shape index (κ3) is 3.15. The zero-order chi connectivity index (χ0) is 15.6. The Balaban J connectivity index is 2.42. The van der Waals surface area contributed by atoms with E-state index in [2.05, 4.69) is 19.6 Å². The molecule has 0 aromatic carbocycles. The highest BCUT2D eigenvalue weighted by atomic mass is 16.5. The van der Waals surface area contributed by atoms with Crippen LogP contribution in [0.3, 0.4) is 0 Å². The Morgan fingerprint density at radius 1 is 1.48 bits per heavy atom. The van der Waals surface area contributed by atoms with Crippen LogP contribution in [-0.2, 0) is 17.8 Å². The fourth-order valence-corrected chi connectivity index (χ4v) is 2.12. The van der Waals surface area contributed by atoms with E-state index in [1.54, 1.807) is 20.8 Å². The zero-order valence-electron chi connectivity index (χ0n) is 12.0. The van der Waals surface area contributed by atoms with Gasteiger partial charge in [0.25, 0.3) is 0 Å². The Morgan fingerprint density at radius 3 is 2.76 bits per heavy atom. The van der Waals surface area contributed by atoms with Gasteiger partial charge in [0.1, 0.15) is 0 Å². The van der Waals surface area contributed by atoms with Gasteiger partial charge >= 0.3 is 11.7 Å². The minimum absolute atomic E-state index is 0.142. The SMILES string of the molecule is Cc1nc(=O)n(Cc2ncon2)c(C)c1CC(C)C(=O)O. The van der Waals surface area contributed by atoms with Gasteiger partial charge in [0, 0.05) is 11.4 Å². The molecule has 0 spiro atoms. The highest BCUT2D eigenvalue weighted by Gasteiger charge is 2.18. The molecule has 2 aromatic heterocycles. The average molecular weight is 292 g/mol. The Morgan fingerprint density at radius 2 is 2.19 bits per heavy atom. The lowest BCUT2D eigenvalue weighted by Gasteiger charge is -2.16. The number of aryl methyl sites for hydroxylation is 1. The summed E-state index contributed by atoms with van der Waals surface area (Å²) in [7, 11) is 0. The van der Waals surface area contributed by atoms with Crippen molar-refractivity contribution in [2.75, 3.05) is 0 Å². The molecule has 112 valence electrons. The number of carbonyl (C=O) groups is 1. The molecule has 1 unspecified atom stereocenters. The largest absolute Gasteiger partial charge is 0.481 e. The number of hydrogen-bond donors (Lipinski definition) is 1. The lowest BCUT2D eigenvalue weighted by molar-refractivity contribution is -0.141. The van der Waals surface area contributed by atoms with Crippen molar-refractivity contribution in [2.24, 2.45) is 5.92 Å². The molecule has 0 amide bonds. The lowest BCUT2D eigenvalue weighted by atomic mass is 9.99. The summed E-state index contributed by atoms with van der Waals surface area (Å²) in [5.41, 5.74) is 1.56. The van der Waals surface area contributed by atoms with Gasteiger partial charge in [-0.15, -0.1) is 0 Å². The van der Waals surface area contributed by atoms with Crippen LogP contribution in [0.25, 0.3) is 0 Å². The second-order valence-electron chi connectivity index (χ2n) is 4.92. The Bertz CT molecular complexity index is 706. The maximum Gasteiger partial charge on any atom is 0.348 e. The fourth-order valence-electron chi connectivity index (χ4n) is 2.12. The van der Waals surface area contributed by atoms with Crippen LogP contribution >= 0.6 is 0 Å². The standard InChI is InChI=1S/C13H16N4O4/c1-7(12(18)19)4-10-8(2)15-13(20)17(9(10)3)5-11-14-6-21-16-11/h6-7H,4-5H2,1-3H3,(H,18,19). The van der Waals surface area contributed by atoms with E-state index in [0.717, 1.165) is 5.56 Å². The van der Waals surface area contributed by atoms with Gasteiger partial charge in [-0.2, -0.15) is 9.97 Å². The summed E-state index contributed by atoms with van der Waals surface area (Å²) in [6.07, 6.45) is 1.50. The van der Waals surface area contributed by atoms with Crippen molar-refractivity contribution in [1.29, 1.82) is 0 Å². The second kappa shape index (κ2) is 5.86. The molecular formula is C13H16N4O4. The van der Waals surface area contributed by atoms with Gasteiger partial charge in [0.05, 0.1) is 12.5 Å². The van der Waals surface area contributed by atoms with E-state index in [1.807, 2.05) is 0 Å². The number of aliphatic carboxylic acids is 1. The quantitative estimate of drug-likeness (QED) is 0.856. The summed E-state index contributed by atoms with van der Waals surface area (Å²) >= 11 is 0. The van der Waals surface area contributed by atoms with Crippen molar-refractivity contribution in [3.63, 3.8) is 0 Å². The maximum atomic E-state index is 12.0. The van der Waals surface area contributed by atoms with Crippen LogP contribution in [0.15, 0.2) is 15.7 Å². The predicted octanol–water partition coefficient (Wildman–Crippen LogP) is 0.555. The van der Waals surface area contributed by atoms with Crippen molar-refractivity contribution in [2.45, 2.75) is 33.7 Å². The van der Waals surface area contributed by atoms with Crippen molar-refractivity contribution in [3.8, 4) is 0 Å². The molecule has 2 aromatic rings. The van der Waals surface area contributed by atoms with Crippen molar-refractivity contribution in [3.05, 3.63) is 39.7 Å². The number of rotatable bonds is 5. The molecule has 0 aliphatic rings. The number of nitrogens with zero attached hydrogens (tertiary/aromatic N) is 4. The van der Waals surface area contributed by atoms with Crippen molar-refractivity contribution >= 4 is 5.97 Å². The predicted molar refractivity (Wildman–Crippen MR) is 71.9 cm³/mol. The molecule has 21 heavy (non-hydrogen) atoms. The monoisotopic (exact) mass is 292 g/mol. The maximum absolute atomic E-state index is 12.0. The smallest absolute Gasteiger partial charge is 0.348 e. The third-order valence-corrected chi connectivity index (χ3v) is 3.41. The lowest BCUT2D eigenvalue weighted by Crippen LogP contribution is -2.29. The first-order valence-corrected chi connectivity index (χ1v) is 6.45. The summed E-state index contributed by atoms with van der Waals surface area (Å²) in [6.45, 7) is 5.23. The molecule has 0 bridgehead atoms. The Labute approximate surface area is 120 Å². The van der Waals surface area contributed by atoms with E-state index in [-0.39, 0.29) is 6.54 Å². The first-order valence-electron chi connectivity index (χ1n) is 6.45. The van der Waals surface area contributed by atoms with E-state index in [9.17, 15) is 9.59 Å². The van der Waals surface area contributed by atoms with Gasteiger partial charge in [0.2, 0.25) is 6.39 Å².